The predicted octanol–water partition coefficient (Wildman–Crippen LogP) is 4.64. The van der Waals surface area contributed by atoms with Crippen LogP contribution in [0.5, 0.6) is 0 Å². The molecular formula is C33H40F2N4O7S2. The monoisotopic (exact) mass is 706 g/mol. The lowest BCUT2D eigenvalue weighted by atomic mass is 9.80. The summed E-state index contributed by atoms with van der Waals surface area (Å²) in [5, 5.41) is 18.3. The number of fused-ring (bicyclic) bond motifs is 2. The van der Waals surface area contributed by atoms with Crippen LogP contribution in [0.25, 0.3) is 10.2 Å². The van der Waals surface area contributed by atoms with Crippen molar-refractivity contribution in [3.63, 3.8) is 0 Å². The topological polar surface area (TPSA) is 139 Å². The highest BCUT2D eigenvalue weighted by atomic mass is 32.2. The van der Waals surface area contributed by atoms with Gasteiger partial charge in [-0.25, -0.2) is 27.0 Å². The number of nitrogens with one attached hydrogen (secondary N) is 2. The molecule has 2 saturated carbocycles. The Morgan fingerprint density at radius 2 is 1.92 bits per heavy atom. The molecule has 0 radical (unpaired) electrons. The Balaban J connectivity index is 1.10. The molecule has 3 heterocycles. The third kappa shape index (κ3) is 7.31. The van der Waals surface area contributed by atoms with E-state index in [9.17, 15) is 27.1 Å². The molecule has 2 saturated heterocycles. The zero-order chi connectivity index (χ0) is 33.7. The maximum atomic E-state index is 14.2. The highest BCUT2D eigenvalue weighted by Crippen LogP contribution is 2.47. The summed E-state index contributed by atoms with van der Waals surface area (Å²) in [6.07, 6.45) is -0.171. The molecule has 260 valence electrons. The van der Waals surface area contributed by atoms with Gasteiger partial charge < -0.3 is 30.0 Å². The van der Waals surface area contributed by atoms with Crippen LogP contribution in [0.1, 0.15) is 45.1 Å². The minimum Gasteiger partial charge on any atom is -0.443 e. The highest BCUT2D eigenvalue weighted by molar-refractivity contribution is 7.89. The fraction of sp³-hybridized carbons (Fsp3) is 0.576. The number of benzene rings is 2. The molecule has 2 aromatic carbocycles. The number of hydrogen-bond acceptors (Lipinski definition) is 10. The number of rotatable bonds is 13. The molecule has 1 aromatic heterocycles. The smallest absolute Gasteiger partial charge is 0.407 e. The summed E-state index contributed by atoms with van der Waals surface area (Å²) in [4.78, 5) is 17.9. The van der Waals surface area contributed by atoms with Gasteiger partial charge in [0.05, 0.1) is 40.0 Å². The number of aromatic nitrogens is 1. The van der Waals surface area contributed by atoms with Crippen LogP contribution in [0.2, 0.25) is 0 Å². The summed E-state index contributed by atoms with van der Waals surface area (Å²) >= 11 is 1.38. The number of hydrogen-bond donors (Lipinski definition) is 3. The zero-order valence-corrected chi connectivity index (χ0v) is 28.3. The minimum atomic E-state index is -4.13. The third-order valence-corrected chi connectivity index (χ3v) is 12.2. The first-order chi connectivity index (χ1) is 22.9. The molecule has 2 aliphatic carbocycles. The zero-order valence-electron chi connectivity index (χ0n) is 26.7. The summed E-state index contributed by atoms with van der Waals surface area (Å²) < 4.78 is 75.8. The van der Waals surface area contributed by atoms with E-state index in [0.29, 0.717) is 29.3 Å². The summed E-state index contributed by atoms with van der Waals surface area (Å²) in [6.45, 7) is 3.93. The van der Waals surface area contributed by atoms with Crippen molar-refractivity contribution in [2.75, 3.05) is 25.0 Å². The lowest BCUT2D eigenvalue weighted by Crippen LogP contribution is -2.52. The van der Waals surface area contributed by atoms with E-state index in [0.717, 1.165) is 42.6 Å². The van der Waals surface area contributed by atoms with Crippen molar-refractivity contribution in [3.8, 4) is 0 Å². The SMILES string of the molecule is CC(C)CN(C[C@@H](O)[C@H](Cc1cc(F)cc(F)c1)NC(=O)O[C@H]1CC2COC3OC1C[C@@H]23)S(=O)(=O)c1ccc2nc(NC3CC3)sc2c1. The molecular weight excluding hydrogens is 667 g/mol. The number of carbonyl (C=O) groups is 1. The van der Waals surface area contributed by atoms with Crippen LogP contribution >= 0.6 is 11.3 Å². The molecule has 7 atom stereocenters. The van der Waals surface area contributed by atoms with Gasteiger partial charge in [0.2, 0.25) is 10.0 Å². The molecule has 2 aliphatic heterocycles. The van der Waals surface area contributed by atoms with Gasteiger partial charge in [-0.2, -0.15) is 4.31 Å². The Morgan fingerprint density at radius 1 is 1.15 bits per heavy atom. The van der Waals surface area contributed by atoms with E-state index in [-0.39, 0.29) is 53.6 Å². The quantitative estimate of drug-likeness (QED) is 0.232. The molecule has 11 nitrogen and oxygen atoms in total. The number of thiazole rings is 1. The minimum absolute atomic E-state index is 0.0473. The maximum absolute atomic E-state index is 14.2. The average molecular weight is 707 g/mol. The van der Waals surface area contributed by atoms with E-state index in [4.69, 9.17) is 14.2 Å². The molecule has 15 heteroatoms. The number of anilines is 1. The number of halogens is 2. The van der Waals surface area contributed by atoms with E-state index >= 15 is 0 Å². The van der Waals surface area contributed by atoms with Crippen molar-refractivity contribution < 1.29 is 41.3 Å². The van der Waals surface area contributed by atoms with E-state index in [2.05, 4.69) is 15.6 Å². The number of aliphatic hydroxyl groups is 1. The molecule has 7 rings (SSSR count). The lowest BCUT2D eigenvalue weighted by molar-refractivity contribution is -0.147. The van der Waals surface area contributed by atoms with Gasteiger partial charge in [-0.1, -0.05) is 25.2 Å². The van der Waals surface area contributed by atoms with Gasteiger partial charge in [0.1, 0.15) is 17.7 Å². The Kier molecular flexibility index (Phi) is 9.36. The van der Waals surface area contributed by atoms with E-state index in [1.54, 1.807) is 12.1 Å². The van der Waals surface area contributed by atoms with E-state index in [1.165, 1.54) is 21.7 Å². The van der Waals surface area contributed by atoms with Crippen molar-refractivity contribution in [2.24, 2.45) is 17.8 Å². The summed E-state index contributed by atoms with van der Waals surface area (Å²) in [5.74, 6) is -1.24. The number of ether oxygens (including phenoxy) is 3. The van der Waals surface area contributed by atoms with Gasteiger partial charge in [0, 0.05) is 31.1 Å². The summed E-state index contributed by atoms with van der Waals surface area (Å²) in [5.41, 5.74) is 0.856. The van der Waals surface area contributed by atoms with Crippen LogP contribution in [0.3, 0.4) is 0 Å². The molecule has 3 unspecified atom stereocenters. The van der Waals surface area contributed by atoms with Crippen molar-refractivity contribution in [2.45, 2.75) is 87.5 Å². The van der Waals surface area contributed by atoms with E-state index in [1.807, 2.05) is 13.8 Å². The molecule has 1 amide bonds. The molecule has 4 aliphatic rings. The van der Waals surface area contributed by atoms with Gasteiger partial charge >= 0.3 is 6.09 Å². The number of aliphatic hydroxyl groups excluding tert-OH is 1. The van der Waals surface area contributed by atoms with Gasteiger partial charge in [-0.3, -0.25) is 0 Å². The summed E-state index contributed by atoms with van der Waals surface area (Å²) in [6, 6.07) is 6.95. The fourth-order valence-electron chi connectivity index (χ4n) is 6.97. The second kappa shape index (κ2) is 13.4. The first kappa shape index (κ1) is 33.5. The van der Waals surface area contributed by atoms with Crippen LogP contribution in [0.4, 0.5) is 18.7 Å². The second-order valence-corrected chi connectivity index (χ2v) is 16.8. The normalized spacial score (nSPS) is 26.3. The second-order valence-electron chi connectivity index (χ2n) is 13.8. The van der Waals surface area contributed by atoms with Gasteiger partial charge in [-0.15, -0.1) is 0 Å². The van der Waals surface area contributed by atoms with Crippen molar-refractivity contribution >= 4 is 42.8 Å². The molecule has 0 spiro atoms. The van der Waals surface area contributed by atoms with Crippen LogP contribution in [0, 0.1) is 29.4 Å². The Morgan fingerprint density at radius 3 is 2.65 bits per heavy atom. The molecule has 4 fully saturated rings. The Bertz CT molecular complexity index is 1750. The van der Waals surface area contributed by atoms with Crippen molar-refractivity contribution in [1.82, 2.24) is 14.6 Å². The Hall–Kier alpha value is -2.95. The average Bonchev–Trinajstić information content (AvgIpc) is 3.42. The number of alkyl carbamates (subject to hydrolysis) is 1. The van der Waals surface area contributed by atoms with Crippen LogP contribution in [-0.4, -0.2) is 85.3 Å². The predicted molar refractivity (Wildman–Crippen MR) is 174 cm³/mol. The third-order valence-electron chi connectivity index (χ3n) is 9.46. The van der Waals surface area contributed by atoms with E-state index < -0.39 is 52.5 Å². The maximum Gasteiger partial charge on any atom is 0.407 e. The van der Waals surface area contributed by atoms with Crippen molar-refractivity contribution in [3.05, 3.63) is 53.6 Å². The van der Waals surface area contributed by atoms with Gasteiger partial charge in [-0.05, 0) is 79.8 Å². The number of sulfonamides is 1. The van der Waals surface area contributed by atoms with Gasteiger partial charge in [0.25, 0.3) is 0 Å². The Labute approximate surface area is 282 Å². The first-order valence-electron chi connectivity index (χ1n) is 16.5. The van der Waals surface area contributed by atoms with Gasteiger partial charge in [0.15, 0.2) is 11.4 Å². The lowest BCUT2D eigenvalue weighted by Gasteiger charge is -2.33. The van der Waals surface area contributed by atoms with Crippen LogP contribution in [0.15, 0.2) is 41.3 Å². The first-order valence-corrected chi connectivity index (χ1v) is 18.7. The number of amides is 1. The highest BCUT2D eigenvalue weighted by Gasteiger charge is 2.54. The standard InChI is InChI=1S/C33H40F2N4O7S2/c1-17(2)14-39(48(42,43)23-5-6-25-30(12-23)47-32(37-25)36-22-3-4-22)15-27(40)26(9-18-7-20(34)11-21(35)8-18)38-33(41)46-28-10-19-16-44-31-24(19)13-29(28)45-31/h5-8,11-12,17,19,22,24,26-29,31,40H,3-4,9-10,13-16H2,1-2H3,(H,36,37)(H,38,41)/t19?,24-,26-,27+,28-,29?,31?/m0/s1. The summed E-state index contributed by atoms with van der Waals surface area (Å²) in [7, 11) is -4.13. The molecule has 3 aromatic rings. The molecule has 2 bridgehead atoms. The van der Waals surface area contributed by atoms with Crippen LogP contribution in [-0.2, 0) is 30.7 Å². The molecule has 3 N–H and O–H groups in total. The molecule has 48 heavy (non-hydrogen) atoms. The van der Waals surface area contributed by atoms with Crippen molar-refractivity contribution in [1.29, 1.82) is 0 Å². The fourth-order valence-corrected chi connectivity index (χ4v) is 9.67. The van der Waals surface area contributed by atoms with Crippen LogP contribution < -0.4 is 10.6 Å². The number of carbonyl (C=O) groups excluding carboxylic acids is 1. The largest absolute Gasteiger partial charge is 0.443 e. The number of nitrogens with zero attached hydrogens (tertiary/aromatic N) is 2.